The van der Waals surface area contributed by atoms with Gasteiger partial charge in [0.15, 0.2) is 0 Å². The molecular formula is C18H15ClN2O2. The minimum absolute atomic E-state index is 0.406. The van der Waals surface area contributed by atoms with Crippen LogP contribution in [0.15, 0.2) is 64.6 Å². The Balaban J connectivity index is 2.30. The summed E-state index contributed by atoms with van der Waals surface area (Å²) in [7, 11) is 1.34. The van der Waals surface area contributed by atoms with Gasteiger partial charge in [-0.1, -0.05) is 29.8 Å². The van der Waals surface area contributed by atoms with E-state index >= 15 is 0 Å². The van der Waals surface area contributed by atoms with Gasteiger partial charge in [-0.05, 0) is 42.8 Å². The Bertz CT molecular complexity index is 789. The Morgan fingerprint density at radius 2 is 1.83 bits per heavy atom. The highest BCUT2D eigenvalue weighted by molar-refractivity contribution is 6.30. The second-order valence-corrected chi connectivity index (χ2v) is 5.10. The van der Waals surface area contributed by atoms with Crippen LogP contribution >= 0.6 is 11.6 Å². The Hall–Kier alpha value is -2.68. The molecule has 116 valence electrons. The first-order chi connectivity index (χ1) is 11.1. The Kier molecular flexibility index (Phi) is 5.87. The molecule has 4 nitrogen and oxygen atoms in total. The lowest BCUT2D eigenvalue weighted by Crippen LogP contribution is -1.95. The lowest BCUT2D eigenvalue weighted by Gasteiger charge is -2.04. The number of esters is 1. The molecule has 2 aromatic rings. The Labute approximate surface area is 139 Å². The zero-order valence-electron chi connectivity index (χ0n) is 12.8. The molecule has 0 unspecified atom stereocenters. The molecule has 2 aromatic carbocycles. The summed E-state index contributed by atoms with van der Waals surface area (Å²) in [6, 6.07) is 17.1. The van der Waals surface area contributed by atoms with Gasteiger partial charge in [-0.25, -0.2) is 4.79 Å². The summed E-state index contributed by atoms with van der Waals surface area (Å²) >= 11 is 5.82. The van der Waals surface area contributed by atoms with Crippen molar-refractivity contribution in [3.05, 3.63) is 65.2 Å². The fraction of sp³-hybridized carbons (Fsp3) is 0.111. The number of para-hydroxylation sites is 1. The van der Waals surface area contributed by atoms with E-state index in [0.717, 1.165) is 11.1 Å². The largest absolute Gasteiger partial charge is 0.466 e. The van der Waals surface area contributed by atoms with E-state index in [0.29, 0.717) is 16.4 Å². The first-order valence-corrected chi connectivity index (χ1v) is 7.25. The minimum atomic E-state index is -0.406. The number of carbonyl (C=O) groups is 1. The molecule has 0 atom stereocenters. The van der Waals surface area contributed by atoms with Crippen molar-refractivity contribution in [1.82, 2.24) is 0 Å². The molecule has 0 fully saturated rings. The molecule has 0 heterocycles. The number of nitrogens with zero attached hydrogens (tertiary/aromatic N) is 2. The maximum Gasteiger partial charge on any atom is 0.330 e. The van der Waals surface area contributed by atoms with Crippen molar-refractivity contribution >= 4 is 40.5 Å². The molecule has 2 rings (SSSR count). The minimum Gasteiger partial charge on any atom is -0.466 e. The first kappa shape index (κ1) is 16.7. The number of halogens is 1. The molecule has 0 radical (unpaired) electrons. The summed E-state index contributed by atoms with van der Waals surface area (Å²) in [5.74, 6) is -0.406. The van der Waals surface area contributed by atoms with E-state index in [2.05, 4.69) is 20.7 Å². The monoisotopic (exact) mass is 326 g/mol. The average molecular weight is 327 g/mol. The number of carbonyl (C=O) groups excluding carboxylic acids is 1. The van der Waals surface area contributed by atoms with E-state index in [-0.39, 0.29) is 0 Å². The van der Waals surface area contributed by atoms with Crippen molar-refractivity contribution in [2.45, 2.75) is 6.92 Å². The van der Waals surface area contributed by atoms with E-state index in [1.807, 2.05) is 31.2 Å². The van der Waals surface area contributed by atoms with E-state index in [1.165, 1.54) is 13.2 Å². The summed E-state index contributed by atoms with van der Waals surface area (Å²) in [4.78, 5) is 19.7. The van der Waals surface area contributed by atoms with Crippen LogP contribution in [0.5, 0.6) is 0 Å². The quantitative estimate of drug-likeness (QED) is 0.448. The van der Waals surface area contributed by atoms with Crippen LogP contribution in [0.4, 0.5) is 11.4 Å². The number of aliphatic imine (C=N–C) groups is 2. The molecule has 0 amide bonds. The number of hydrogen-bond acceptors (Lipinski definition) is 4. The van der Waals surface area contributed by atoms with Crippen LogP contribution in [0.3, 0.4) is 0 Å². The van der Waals surface area contributed by atoms with Gasteiger partial charge >= 0.3 is 5.97 Å². The number of allylic oxidation sites excluding steroid dienone is 1. The molecule has 23 heavy (non-hydrogen) atoms. The molecular weight excluding hydrogens is 312 g/mol. The van der Waals surface area contributed by atoms with Crippen LogP contribution in [0.2, 0.25) is 5.02 Å². The maximum atomic E-state index is 11.4. The lowest BCUT2D eigenvalue weighted by molar-refractivity contribution is -0.134. The summed E-state index contributed by atoms with van der Waals surface area (Å²) in [6.45, 7) is 1.82. The fourth-order valence-electron chi connectivity index (χ4n) is 1.87. The number of benzene rings is 2. The molecule has 0 spiro atoms. The van der Waals surface area contributed by atoms with Crippen LogP contribution in [0.1, 0.15) is 12.5 Å². The molecule has 0 bridgehead atoms. The molecule has 0 aromatic heterocycles. The first-order valence-electron chi connectivity index (χ1n) is 6.88. The Morgan fingerprint density at radius 3 is 2.52 bits per heavy atom. The van der Waals surface area contributed by atoms with Gasteiger partial charge in [0.25, 0.3) is 0 Å². The zero-order valence-corrected chi connectivity index (χ0v) is 13.5. The maximum absolute atomic E-state index is 11.4. The number of methoxy groups -OCH3 is 1. The van der Waals surface area contributed by atoms with Crippen LogP contribution in [-0.4, -0.2) is 19.1 Å². The molecule has 0 saturated carbocycles. The van der Waals surface area contributed by atoms with Gasteiger partial charge in [0, 0.05) is 16.7 Å². The number of ether oxygens (including phenoxy) is 1. The normalized spacial score (nSPS) is 10.7. The third-order valence-electron chi connectivity index (χ3n) is 3.04. The number of hydrogen-bond donors (Lipinski definition) is 0. The second-order valence-electron chi connectivity index (χ2n) is 4.67. The Morgan fingerprint density at radius 1 is 1.13 bits per heavy atom. The number of rotatable bonds is 4. The molecule has 0 aliphatic rings. The van der Waals surface area contributed by atoms with Gasteiger partial charge in [0.1, 0.15) is 6.01 Å². The van der Waals surface area contributed by atoms with Crippen molar-refractivity contribution in [3.8, 4) is 0 Å². The van der Waals surface area contributed by atoms with Crippen molar-refractivity contribution < 1.29 is 9.53 Å². The van der Waals surface area contributed by atoms with Crippen LogP contribution < -0.4 is 0 Å². The van der Waals surface area contributed by atoms with E-state index in [9.17, 15) is 4.79 Å². The van der Waals surface area contributed by atoms with E-state index < -0.39 is 5.97 Å². The van der Waals surface area contributed by atoms with Crippen molar-refractivity contribution in [1.29, 1.82) is 0 Å². The average Bonchev–Trinajstić information content (AvgIpc) is 2.57. The van der Waals surface area contributed by atoms with Gasteiger partial charge in [-0.3, -0.25) is 0 Å². The highest BCUT2D eigenvalue weighted by Gasteiger charge is 2.04. The topological polar surface area (TPSA) is 51.0 Å². The third-order valence-corrected chi connectivity index (χ3v) is 3.29. The molecule has 0 aliphatic carbocycles. The lowest BCUT2D eigenvalue weighted by atomic mass is 10.1. The van der Waals surface area contributed by atoms with Gasteiger partial charge in [0.2, 0.25) is 0 Å². The van der Waals surface area contributed by atoms with Gasteiger partial charge < -0.3 is 4.74 Å². The predicted molar refractivity (Wildman–Crippen MR) is 92.7 cm³/mol. The highest BCUT2D eigenvalue weighted by Crippen LogP contribution is 2.25. The van der Waals surface area contributed by atoms with Crippen LogP contribution in [-0.2, 0) is 9.53 Å². The van der Waals surface area contributed by atoms with Gasteiger partial charge in [0.05, 0.1) is 18.5 Å². The molecule has 0 saturated heterocycles. The van der Waals surface area contributed by atoms with Crippen molar-refractivity contribution in [2.75, 3.05) is 7.11 Å². The summed E-state index contributed by atoms with van der Waals surface area (Å²) in [5, 5.41) is 0.648. The zero-order chi connectivity index (χ0) is 16.7. The second kappa shape index (κ2) is 8.08. The smallest absolute Gasteiger partial charge is 0.330 e. The molecule has 5 heteroatoms. The molecule has 0 N–H and O–H groups in total. The van der Waals surface area contributed by atoms with Crippen LogP contribution in [0.25, 0.3) is 5.57 Å². The van der Waals surface area contributed by atoms with Crippen molar-refractivity contribution in [3.63, 3.8) is 0 Å². The highest BCUT2D eigenvalue weighted by atomic mass is 35.5. The standard InChI is InChI=1S/C18H15ClN2O2/c1-13(11-18(22)23-2)16-5-3-4-6-17(16)21-12-20-15-9-7-14(19)8-10-15/h3-11H,1-2H3/b13-11+. The van der Waals surface area contributed by atoms with Crippen molar-refractivity contribution in [2.24, 2.45) is 9.98 Å². The van der Waals surface area contributed by atoms with Gasteiger partial charge in [-0.2, -0.15) is 9.98 Å². The fourth-order valence-corrected chi connectivity index (χ4v) is 2.00. The SMILES string of the molecule is COC(=O)/C=C(\C)c1ccccc1N=C=Nc1ccc(Cl)cc1. The van der Waals surface area contributed by atoms with E-state index in [1.54, 1.807) is 24.3 Å². The van der Waals surface area contributed by atoms with Crippen LogP contribution in [0, 0.1) is 0 Å². The summed E-state index contributed by atoms with van der Waals surface area (Å²) < 4.78 is 4.64. The predicted octanol–water partition coefficient (Wildman–Crippen LogP) is 5.05. The summed E-state index contributed by atoms with van der Waals surface area (Å²) in [5.41, 5.74) is 2.95. The summed E-state index contributed by atoms with van der Waals surface area (Å²) in [6.07, 6.45) is 1.42. The third kappa shape index (κ3) is 4.92. The van der Waals surface area contributed by atoms with Gasteiger partial charge in [-0.15, -0.1) is 0 Å². The van der Waals surface area contributed by atoms with E-state index in [4.69, 9.17) is 11.6 Å². The molecule has 0 aliphatic heterocycles.